The van der Waals surface area contributed by atoms with Crippen molar-refractivity contribution in [3.8, 4) is 0 Å². The minimum atomic E-state index is 0.323. The second kappa shape index (κ2) is 8.35. The third-order valence-corrected chi connectivity index (χ3v) is 4.61. The Labute approximate surface area is 127 Å². The molecule has 1 N–H and O–H groups in total. The second-order valence-corrected chi connectivity index (χ2v) is 7.52. The first-order chi connectivity index (χ1) is 9.38. The maximum Gasteiger partial charge on any atom is 0.0243 e. The van der Waals surface area contributed by atoms with E-state index >= 15 is 0 Å². The molecule has 0 aliphatic carbocycles. The van der Waals surface area contributed by atoms with Crippen molar-refractivity contribution in [2.24, 2.45) is 5.41 Å². The molecule has 3 heteroatoms. The number of rotatable bonds is 8. The highest BCUT2D eigenvalue weighted by atomic mass is 15.2. The molecule has 0 aromatic rings. The highest BCUT2D eigenvalue weighted by Crippen LogP contribution is 2.21. The third kappa shape index (κ3) is 5.71. The van der Waals surface area contributed by atoms with E-state index in [4.69, 9.17) is 0 Å². The fraction of sp³-hybridized carbons (Fsp3) is 1.00. The molecule has 1 saturated heterocycles. The third-order valence-electron chi connectivity index (χ3n) is 4.61. The summed E-state index contributed by atoms with van der Waals surface area (Å²) in [7, 11) is 2.29. The minimum absolute atomic E-state index is 0.323. The van der Waals surface area contributed by atoms with E-state index in [1.165, 1.54) is 38.9 Å². The van der Waals surface area contributed by atoms with Gasteiger partial charge in [-0.15, -0.1) is 0 Å². The standard InChI is InChI=1S/C17H37N3/c1-7-11-18-16(17(3,4)5)14-19(6)13-15-10-9-12-20(15)8-2/h15-16,18H,7-14H2,1-6H3. The topological polar surface area (TPSA) is 18.5 Å². The van der Waals surface area contributed by atoms with Gasteiger partial charge in [-0.05, 0) is 51.4 Å². The van der Waals surface area contributed by atoms with Crippen LogP contribution in [0.3, 0.4) is 0 Å². The maximum atomic E-state index is 3.74. The zero-order valence-corrected chi connectivity index (χ0v) is 14.7. The van der Waals surface area contributed by atoms with Gasteiger partial charge in [0.05, 0.1) is 0 Å². The van der Waals surface area contributed by atoms with Crippen LogP contribution in [-0.2, 0) is 0 Å². The lowest BCUT2D eigenvalue weighted by Crippen LogP contribution is -2.50. The summed E-state index contributed by atoms with van der Waals surface area (Å²) in [5.74, 6) is 0. The summed E-state index contributed by atoms with van der Waals surface area (Å²) >= 11 is 0. The van der Waals surface area contributed by atoms with Crippen molar-refractivity contribution in [2.75, 3.05) is 39.8 Å². The molecular formula is C17H37N3. The van der Waals surface area contributed by atoms with E-state index < -0.39 is 0 Å². The molecule has 20 heavy (non-hydrogen) atoms. The molecule has 3 nitrogen and oxygen atoms in total. The molecule has 2 atom stereocenters. The van der Waals surface area contributed by atoms with Gasteiger partial charge in [-0.25, -0.2) is 0 Å². The fourth-order valence-corrected chi connectivity index (χ4v) is 3.23. The summed E-state index contributed by atoms with van der Waals surface area (Å²) in [5, 5.41) is 3.74. The van der Waals surface area contributed by atoms with Crippen molar-refractivity contribution in [3.05, 3.63) is 0 Å². The second-order valence-electron chi connectivity index (χ2n) is 7.52. The Morgan fingerprint density at radius 1 is 1.30 bits per heavy atom. The Hall–Kier alpha value is -0.120. The van der Waals surface area contributed by atoms with Gasteiger partial charge in [-0.1, -0.05) is 34.6 Å². The van der Waals surface area contributed by atoms with E-state index in [0.717, 1.165) is 19.1 Å². The smallest absolute Gasteiger partial charge is 0.0243 e. The summed E-state index contributed by atoms with van der Waals surface area (Å²) in [4.78, 5) is 5.18. The number of likely N-dealkylation sites (N-methyl/N-ethyl adjacent to an activating group) is 2. The molecule has 0 aromatic heterocycles. The lowest BCUT2D eigenvalue weighted by atomic mass is 9.86. The van der Waals surface area contributed by atoms with Crippen LogP contribution in [0.2, 0.25) is 0 Å². The van der Waals surface area contributed by atoms with E-state index in [2.05, 4.69) is 56.8 Å². The van der Waals surface area contributed by atoms with Crippen LogP contribution in [0.5, 0.6) is 0 Å². The zero-order chi connectivity index (χ0) is 15.2. The van der Waals surface area contributed by atoms with Gasteiger partial charge in [0.1, 0.15) is 0 Å². The molecule has 0 bridgehead atoms. The normalized spacial score (nSPS) is 22.6. The zero-order valence-electron chi connectivity index (χ0n) is 14.7. The number of nitrogens with zero attached hydrogens (tertiary/aromatic N) is 2. The molecule has 2 unspecified atom stereocenters. The van der Waals surface area contributed by atoms with Crippen molar-refractivity contribution in [1.29, 1.82) is 0 Å². The highest BCUT2D eigenvalue weighted by molar-refractivity contribution is 4.86. The summed E-state index contributed by atoms with van der Waals surface area (Å²) in [6.45, 7) is 17.6. The molecule has 1 rings (SSSR count). The number of hydrogen-bond acceptors (Lipinski definition) is 3. The van der Waals surface area contributed by atoms with Gasteiger partial charge < -0.3 is 10.2 Å². The predicted octanol–water partition coefficient (Wildman–Crippen LogP) is 2.82. The van der Waals surface area contributed by atoms with Crippen LogP contribution >= 0.6 is 0 Å². The quantitative estimate of drug-likeness (QED) is 0.739. The number of hydrogen-bond donors (Lipinski definition) is 1. The van der Waals surface area contributed by atoms with Crippen LogP contribution in [0.25, 0.3) is 0 Å². The molecule has 1 heterocycles. The minimum Gasteiger partial charge on any atom is -0.312 e. The van der Waals surface area contributed by atoms with E-state index in [1.54, 1.807) is 0 Å². The molecule has 1 aliphatic heterocycles. The number of likely N-dealkylation sites (tertiary alicyclic amines) is 1. The molecule has 0 aromatic carbocycles. The first-order valence-corrected chi connectivity index (χ1v) is 8.54. The van der Waals surface area contributed by atoms with Crippen molar-refractivity contribution < 1.29 is 0 Å². The van der Waals surface area contributed by atoms with Gasteiger partial charge in [0, 0.05) is 25.2 Å². The number of nitrogens with one attached hydrogen (secondary N) is 1. The van der Waals surface area contributed by atoms with Crippen molar-refractivity contribution in [1.82, 2.24) is 15.1 Å². The lowest BCUT2D eigenvalue weighted by Gasteiger charge is -2.36. The van der Waals surface area contributed by atoms with Gasteiger partial charge in [0.15, 0.2) is 0 Å². The van der Waals surface area contributed by atoms with E-state index in [1.807, 2.05) is 0 Å². The van der Waals surface area contributed by atoms with E-state index in [-0.39, 0.29) is 0 Å². The molecule has 1 fully saturated rings. The van der Waals surface area contributed by atoms with Gasteiger partial charge in [-0.3, -0.25) is 4.90 Å². The molecule has 1 aliphatic rings. The van der Waals surface area contributed by atoms with Crippen molar-refractivity contribution in [3.63, 3.8) is 0 Å². The lowest BCUT2D eigenvalue weighted by molar-refractivity contribution is 0.155. The van der Waals surface area contributed by atoms with Crippen LogP contribution < -0.4 is 5.32 Å². The van der Waals surface area contributed by atoms with Gasteiger partial charge in [-0.2, -0.15) is 0 Å². The van der Waals surface area contributed by atoms with E-state index in [0.29, 0.717) is 11.5 Å². The molecular weight excluding hydrogens is 246 g/mol. The summed E-state index contributed by atoms with van der Waals surface area (Å²) < 4.78 is 0. The summed E-state index contributed by atoms with van der Waals surface area (Å²) in [6.07, 6.45) is 3.96. The Morgan fingerprint density at radius 2 is 2.00 bits per heavy atom. The van der Waals surface area contributed by atoms with Crippen LogP contribution in [-0.4, -0.2) is 61.7 Å². The van der Waals surface area contributed by atoms with Crippen molar-refractivity contribution in [2.45, 2.75) is 66.0 Å². The monoisotopic (exact) mass is 283 g/mol. The fourth-order valence-electron chi connectivity index (χ4n) is 3.23. The Balaban J connectivity index is 2.46. The maximum absolute atomic E-state index is 3.74. The van der Waals surface area contributed by atoms with Gasteiger partial charge >= 0.3 is 0 Å². The Bertz CT molecular complexity index is 259. The van der Waals surface area contributed by atoms with Crippen LogP contribution in [0, 0.1) is 5.41 Å². The van der Waals surface area contributed by atoms with Crippen LogP contribution in [0.15, 0.2) is 0 Å². The average molecular weight is 284 g/mol. The molecule has 0 saturated carbocycles. The molecule has 0 spiro atoms. The summed E-state index contributed by atoms with van der Waals surface area (Å²) in [5.41, 5.74) is 0.323. The van der Waals surface area contributed by atoms with Gasteiger partial charge in [0.25, 0.3) is 0 Å². The summed E-state index contributed by atoms with van der Waals surface area (Å²) in [6, 6.07) is 1.35. The first kappa shape index (κ1) is 17.9. The Kier molecular flexibility index (Phi) is 7.49. The van der Waals surface area contributed by atoms with Crippen LogP contribution in [0.4, 0.5) is 0 Å². The Morgan fingerprint density at radius 3 is 2.55 bits per heavy atom. The van der Waals surface area contributed by atoms with Crippen LogP contribution in [0.1, 0.15) is 53.9 Å². The average Bonchev–Trinajstić information content (AvgIpc) is 2.80. The highest BCUT2D eigenvalue weighted by Gasteiger charge is 2.28. The molecule has 0 radical (unpaired) electrons. The predicted molar refractivity (Wildman–Crippen MR) is 89.3 cm³/mol. The van der Waals surface area contributed by atoms with Gasteiger partial charge in [0.2, 0.25) is 0 Å². The largest absolute Gasteiger partial charge is 0.312 e. The first-order valence-electron chi connectivity index (χ1n) is 8.54. The van der Waals surface area contributed by atoms with Crippen molar-refractivity contribution >= 4 is 0 Å². The van der Waals surface area contributed by atoms with E-state index in [9.17, 15) is 0 Å². The molecule has 0 amide bonds. The molecule has 120 valence electrons. The SMILES string of the molecule is CCCNC(CN(C)CC1CCCN1CC)C(C)(C)C.